The lowest BCUT2D eigenvalue weighted by Gasteiger charge is -2.36. The highest BCUT2D eigenvalue weighted by Gasteiger charge is 2.23. The molecule has 0 spiro atoms. The van der Waals surface area contributed by atoms with Crippen LogP contribution in [0, 0.1) is 5.92 Å². The summed E-state index contributed by atoms with van der Waals surface area (Å²) in [4.78, 5) is 2.56. The summed E-state index contributed by atoms with van der Waals surface area (Å²) in [5.74, 6) is 0.682. The lowest BCUT2D eigenvalue weighted by atomic mass is 9.95. The first-order chi connectivity index (χ1) is 8.20. The van der Waals surface area contributed by atoms with Crippen molar-refractivity contribution in [2.45, 2.75) is 25.8 Å². The van der Waals surface area contributed by atoms with Crippen LogP contribution in [0.4, 0.5) is 0 Å². The summed E-state index contributed by atoms with van der Waals surface area (Å²) in [6.45, 7) is 5.47. The van der Waals surface area contributed by atoms with Gasteiger partial charge in [-0.3, -0.25) is 4.90 Å². The predicted octanol–water partition coefficient (Wildman–Crippen LogP) is 3.18. The molecule has 1 aliphatic heterocycles. The van der Waals surface area contributed by atoms with Gasteiger partial charge in [0.05, 0.1) is 0 Å². The van der Waals surface area contributed by atoms with E-state index in [2.05, 4.69) is 52.0 Å². The summed E-state index contributed by atoms with van der Waals surface area (Å²) in [7, 11) is 0. The molecule has 2 atom stereocenters. The van der Waals surface area contributed by atoms with Gasteiger partial charge in [-0.2, -0.15) is 0 Å². The first kappa shape index (κ1) is 13.1. The van der Waals surface area contributed by atoms with E-state index >= 15 is 0 Å². The summed E-state index contributed by atoms with van der Waals surface area (Å²) in [5, 5.41) is 0. The molecule has 17 heavy (non-hydrogen) atoms. The first-order valence-electron chi connectivity index (χ1n) is 6.40. The van der Waals surface area contributed by atoms with Crippen molar-refractivity contribution in [2.75, 3.05) is 19.6 Å². The van der Waals surface area contributed by atoms with Crippen LogP contribution in [0.25, 0.3) is 0 Å². The predicted molar refractivity (Wildman–Crippen MR) is 75.9 cm³/mol. The van der Waals surface area contributed by atoms with Crippen molar-refractivity contribution in [3.63, 3.8) is 0 Å². The molecule has 0 amide bonds. The maximum Gasteiger partial charge on any atom is 0.0320 e. The van der Waals surface area contributed by atoms with Crippen molar-refractivity contribution in [2.24, 2.45) is 11.7 Å². The van der Waals surface area contributed by atoms with Gasteiger partial charge in [-0.25, -0.2) is 0 Å². The maximum absolute atomic E-state index is 5.79. The number of nitrogens with zero attached hydrogens (tertiary/aromatic N) is 1. The minimum absolute atomic E-state index is 0.498. The number of halogens is 1. The summed E-state index contributed by atoms with van der Waals surface area (Å²) in [5.41, 5.74) is 7.19. The average molecular weight is 297 g/mol. The van der Waals surface area contributed by atoms with Crippen LogP contribution in [-0.4, -0.2) is 24.5 Å². The summed E-state index contributed by atoms with van der Waals surface area (Å²) < 4.78 is 1.15. The molecule has 1 aromatic carbocycles. The number of hydrogen-bond acceptors (Lipinski definition) is 2. The topological polar surface area (TPSA) is 29.3 Å². The molecule has 94 valence electrons. The van der Waals surface area contributed by atoms with Crippen LogP contribution in [0.2, 0.25) is 0 Å². The Hall–Kier alpha value is -0.380. The van der Waals surface area contributed by atoms with E-state index in [-0.39, 0.29) is 0 Å². The first-order valence-corrected chi connectivity index (χ1v) is 7.19. The van der Waals surface area contributed by atoms with Crippen molar-refractivity contribution >= 4 is 15.9 Å². The molecule has 0 radical (unpaired) electrons. The number of rotatable bonds is 3. The zero-order chi connectivity index (χ0) is 12.3. The molecule has 1 saturated heterocycles. The zero-order valence-electron chi connectivity index (χ0n) is 10.4. The Bertz CT molecular complexity index is 350. The molecule has 0 saturated carbocycles. The number of hydrogen-bond donors (Lipinski definition) is 1. The lowest BCUT2D eigenvalue weighted by Crippen LogP contribution is -2.39. The highest BCUT2D eigenvalue weighted by atomic mass is 79.9. The van der Waals surface area contributed by atoms with Crippen molar-refractivity contribution in [1.82, 2.24) is 4.90 Å². The van der Waals surface area contributed by atoms with E-state index in [9.17, 15) is 0 Å². The molecule has 1 fully saturated rings. The number of likely N-dealkylation sites (tertiary alicyclic amines) is 1. The molecule has 0 aliphatic carbocycles. The molecule has 2 N–H and O–H groups in total. The molecular weight excluding hydrogens is 276 g/mol. The molecule has 1 aromatic rings. The Kier molecular flexibility index (Phi) is 4.60. The maximum atomic E-state index is 5.79. The third-order valence-electron chi connectivity index (χ3n) is 3.78. The molecule has 0 bridgehead atoms. The van der Waals surface area contributed by atoms with Gasteiger partial charge in [0.15, 0.2) is 0 Å². The fourth-order valence-electron chi connectivity index (χ4n) is 2.59. The van der Waals surface area contributed by atoms with E-state index in [1.54, 1.807) is 0 Å². The number of benzene rings is 1. The quantitative estimate of drug-likeness (QED) is 0.928. The van der Waals surface area contributed by atoms with Crippen molar-refractivity contribution in [3.05, 3.63) is 34.3 Å². The summed E-state index contributed by atoms with van der Waals surface area (Å²) >= 11 is 3.48. The third kappa shape index (κ3) is 3.30. The highest BCUT2D eigenvalue weighted by Crippen LogP contribution is 2.26. The van der Waals surface area contributed by atoms with E-state index in [0.717, 1.165) is 17.6 Å². The SMILES string of the molecule is CC(c1ccc(Br)cc1)N1CCCC(CN)C1. The van der Waals surface area contributed by atoms with Gasteiger partial charge in [-0.15, -0.1) is 0 Å². The Morgan fingerprint density at radius 1 is 1.41 bits per heavy atom. The van der Waals surface area contributed by atoms with Crippen LogP contribution in [0.15, 0.2) is 28.7 Å². The van der Waals surface area contributed by atoms with Gasteiger partial charge in [0, 0.05) is 17.1 Å². The van der Waals surface area contributed by atoms with Crippen LogP contribution in [0.3, 0.4) is 0 Å². The van der Waals surface area contributed by atoms with Crippen LogP contribution in [-0.2, 0) is 0 Å². The minimum Gasteiger partial charge on any atom is -0.330 e. The Labute approximate surface area is 112 Å². The largest absolute Gasteiger partial charge is 0.330 e. The minimum atomic E-state index is 0.498. The van der Waals surface area contributed by atoms with Gasteiger partial charge < -0.3 is 5.73 Å². The van der Waals surface area contributed by atoms with Gasteiger partial charge >= 0.3 is 0 Å². The molecule has 0 aromatic heterocycles. The van der Waals surface area contributed by atoms with Gasteiger partial charge in [0.1, 0.15) is 0 Å². The zero-order valence-corrected chi connectivity index (χ0v) is 12.0. The second-order valence-corrected chi connectivity index (χ2v) is 5.88. The van der Waals surface area contributed by atoms with E-state index in [4.69, 9.17) is 5.73 Å². The second kappa shape index (κ2) is 5.98. The number of nitrogens with two attached hydrogens (primary N) is 1. The molecule has 1 aliphatic rings. The van der Waals surface area contributed by atoms with E-state index in [0.29, 0.717) is 12.0 Å². The molecule has 2 nitrogen and oxygen atoms in total. The van der Waals surface area contributed by atoms with Crippen LogP contribution >= 0.6 is 15.9 Å². The van der Waals surface area contributed by atoms with Crippen molar-refractivity contribution in [3.8, 4) is 0 Å². The van der Waals surface area contributed by atoms with Gasteiger partial charge in [-0.1, -0.05) is 28.1 Å². The monoisotopic (exact) mass is 296 g/mol. The Morgan fingerprint density at radius 3 is 2.76 bits per heavy atom. The summed E-state index contributed by atoms with van der Waals surface area (Å²) in [6, 6.07) is 9.16. The van der Waals surface area contributed by atoms with E-state index < -0.39 is 0 Å². The summed E-state index contributed by atoms with van der Waals surface area (Å²) in [6.07, 6.45) is 2.57. The molecule has 2 rings (SSSR count). The van der Waals surface area contributed by atoms with E-state index in [1.165, 1.54) is 24.9 Å². The smallest absolute Gasteiger partial charge is 0.0320 e. The molecular formula is C14H21BrN2. The number of piperidine rings is 1. The van der Waals surface area contributed by atoms with Crippen molar-refractivity contribution < 1.29 is 0 Å². The van der Waals surface area contributed by atoms with Crippen molar-refractivity contribution in [1.29, 1.82) is 0 Å². The fourth-order valence-corrected chi connectivity index (χ4v) is 2.86. The lowest BCUT2D eigenvalue weighted by molar-refractivity contribution is 0.134. The fraction of sp³-hybridized carbons (Fsp3) is 0.571. The molecule has 1 heterocycles. The van der Waals surface area contributed by atoms with Gasteiger partial charge in [0.2, 0.25) is 0 Å². The average Bonchev–Trinajstić information content (AvgIpc) is 2.39. The standard InChI is InChI=1S/C14H21BrN2/c1-11(13-4-6-14(15)7-5-13)17-8-2-3-12(9-16)10-17/h4-7,11-12H,2-3,8-10,16H2,1H3. The van der Waals surface area contributed by atoms with Crippen LogP contribution in [0.1, 0.15) is 31.4 Å². The molecule has 2 unspecified atom stereocenters. The Balaban J connectivity index is 2.03. The van der Waals surface area contributed by atoms with Crippen LogP contribution in [0.5, 0.6) is 0 Å². The van der Waals surface area contributed by atoms with E-state index in [1.807, 2.05) is 0 Å². The van der Waals surface area contributed by atoms with Gasteiger partial charge in [0.25, 0.3) is 0 Å². The van der Waals surface area contributed by atoms with Gasteiger partial charge in [-0.05, 0) is 56.5 Å². The normalized spacial score (nSPS) is 23.6. The third-order valence-corrected chi connectivity index (χ3v) is 4.31. The second-order valence-electron chi connectivity index (χ2n) is 4.97. The Morgan fingerprint density at radius 2 is 2.12 bits per heavy atom. The van der Waals surface area contributed by atoms with Crippen LogP contribution < -0.4 is 5.73 Å². The molecule has 3 heteroatoms. The highest BCUT2D eigenvalue weighted by molar-refractivity contribution is 9.10.